The molecule has 0 aromatic rings. The smallest absolute Gasteiger partial charge is 0.0318 e. The van der Waals surface area contributed by atoms with E-state index in [4.69, 9.17) is 0 Å². The van der Waals surface area contributed by atoms with E-state index in [2.05, 4.69) is 0 Å². The van der Waals surface area contributed by atoms with Crippen molar-refractivity contribution in [3.05, 3.63) is 0 Å². The number of hydrogen-bond acceptors (Lipinski definition) is 0. The minimum absolute atomic E-state index is 1.16. The van der Waals surface area contributed by atoms with Gasteiger partial charge in [-0.25, -0.2) is 0 Å². The molecule has 10 fully saturated rings. The van der Waals surface area contributed by atoms with Crippen molar-refractivity contribution < 1.29 is 0 Å². The first-order valence-corrected chi connectivity index (χ1v) is 18.8. The van der Waals surface area contributed by atoms with E-state index in [0.29, 0.717) is 0 Å². The molecular formula is C38H58. The Kier molecular flexibility index (Phi) is 5.43. The average molecular weight is 515 g/mol. The molecule has 10 aliphatic carbocycles. The van der Waals surface area contributed by atoms with Crippen molar-refractivity contribution >= 4 is 0 Å². The quantitative estimate of drug-likeness (QED) is 0.302. The van der Waals surface area contributed by atoms with Crippen LogP contribution in [0.1, 0.15) is 128 Å². The summed E-state index contributed by atoms with van der Waals surface area (Å²) in [5.74, 6) is 21.1. The largest absolute Gasteiger partial charge is 0.0530 e. The van der Waals surface area contributed by atoms with Gasteiger partial charge in [0.2, 0.25) is 0 Å². The highest BCUT2D eigenvalue weighted by Crippen LogP contribution is 2.73. The molecule has 38 heavy (non-hydrogen) atoms. The van der Waals surface area contributed by atoms with Crippen molar-refractivity contribution in [2.75, 3.05) is 0 Å². The van der Waals surface area contributed by atoms with Crippen LogP contribution < -0.4 is 0 Å². The molecule has 18 atom stereocenters. The third-order valence-electron chi connectivity index (χ3n) is 17.5. The van der Waals surface area contributed by atoms with E-state index in [1.807, 2.05) is 0 Å². The van der Waals surface area contributed by atoms with Gasteiger partial charge in [-0.3, -0.25) is 0 Å². The number of fused-ring (bicyclic) bond motifs is 8. The lowest BCUT2D eigenvalue weighted by Gasteiger charge is -2.70. The Morgan fingerprint density at radius 3 is 1.05 bits per heavy atom. The van der Waals surface area contributed by atoms with Gasteiger partial charge in [-0.2, -0.15) is 0 Å². The normalized spacial score (nSPS) is 63.8. The summed E-state index contributed by atoms with van der Waals surface area (Å²) in [5, 5.41) is 0. The molecule has 0 saturated heterocycles. The maximum Gasteiger partial charge on any atom is -0.0318 e. The molecular weight excluding hydrogens is 456 g/mol. The highest BCUT2D eigenvalue weighted by atomic mass is 14.7. The van der Waals surface area contributed by atoms with Crippen LogP contribution in [-0.4, -0.2) is 0 Å². The Balaban J connectivity index is 1.07. The Labute approximate surface area is 234 Å². The van der Waals surface area contributed by atoms with Crippen LogP contribution >= 0.6 is 0 Å². The summed E-state index contributed by atoms with van der Waals surface area (Å²) in [6.07, 6.45) is 32.9. The van der Waals surface area contributed by atoms with Crippen molar-refractivity contribution in [2.45, 2.75) is 128 Å². The molecule has 0 amide bonds. The first kappa shape index (κ1) is 23.6. The maximum absolute atomic E-state index is 1.72. The van der Waals surface area contributed by atoms with Crippen molar-refractivity contribution in [1.82, 2.24) is 0 Å². The Hall–Kier alpha value is 0. The van der Waals surface area contributed by atoms with Crippen LogP contribution in [0.3, 0.4) is 0 Å². The van der Waals surface area contributed by atoms with E-state index in [1.54, 1.807) is 128 Å². The molecule has 10 aliphatic rings. The summed E-state index contributed by atoms with van der Waals surface area (Å²) < 4.78 is 0. The van der Waals surface area contributed by atoms with Gasteiger partial charge in [0, 0.05) is 0 Å². The second-order valence-corrected chi connectivity index (χ2v) is 17.9. The van der Waals surface area contributed by atoms with Crippen molar-refractivity contribution in [3.8, 4) is 0 Å². The standard InChI is InChI=1S/C38H58/c1-2-10-28-27(9-1)31-19-25-13-11-21-5-3-7-23-15-17-29(35(25)33(21)23)37(31)38-30-18-16-24-8-4-6-22-12-14-26(20-32(28)38)36(30)34(22)24/h21-38H,1-20H2. The summed E-state index contributed by atoms with van der Waals surface area (Å²) in [6.45, 7) is 0. The average Bonchev–Trinajstić information content (AvgIpc) is 2.98. The molecule has 210 valence electrons. The zero-order chi connectivity index (χ0) is 24.5. The van der Waals surface area contributed by atoms with Gasteiger partial charge in [0.05, 0.1) is 0 Å². The molecule has 0 N–H and O–H groups in total. The molecule has 0 aromatic heterocycles. The van der Waals surface area contributed by atoms with Gasteiger partial charge < -0.3 is 0 Å². The van der Waals surface area contributed by atoms with Crippen molar-refractivity contribution in [1.29, 1.82) is 0 Å². The minimum Gasteiger partial charge on any atom is -0.0530 e. The van der Waals surface area contributed by atoms with Crippen molar-refractivity contribution in [2.24, 2.45) is 107 Å². The SMILES string of the molecule is C1CC2CCC3CC4C5CCCCC5C5CC6CCC7CCCC8CCC(C6C78)C5C4C4CCC(C1)C2C34. The van der Waals surface area contributed by atoms with Gasteiger partial charge in [-0.15, -0.1) is 0 Å². The Morgan fingerprint density at radius 2 is 0.605 bits per heavy atom. The zero-order valence-electron chi connectivity index (χ0n) is 24.5. The summed E-state index contributed by atoms with van der Waals surface area (Å²) >= 11 is 0. The topological polar surface area (TPSA) is 0 Å². The molecule has 0 heteroatoms. The first-order chi connectivity index (χ1) is 18.8. The second kappa shape index (κ2) is 8.76. The van der Waals surface area contributed by atoms with E-state index >= 15 is 0 Å². The lowest BCUT2D eigenvalue weighted by atomic mass is 9.34. The van der Waals surface area contributed by atoms with E-state index in [0.717, 1.165) is 47.3 Å². The molecule has 18 unspecified atom stereocenters. The highest BCUT2D eigenvalue weighted by Gasteiger charge is 2.66. The monoisotopic (exact) mass is 514 g/mol. The van der Waals surface area contributed by atoms with E-state index in [9.17, 15) is 0 Å². The van der Waals surface area contributed by atoms with Gasteiger partial charge >= 0.3 is 0 Å². The second-order valence-electron chi connectivity index (χ2n) is 17.9. The van der Waals surface area contributed by atoms with E-state index in [1.165, 1.54) is 59.2 Å². The Morgan fingerprint density at radius 1 is 0.211 bits per heavy atom. The molecule has 0 nitrogen and oxygen atoms in total. The molecule has 0 bridgehead atoms. The molecule has 0 radical (unpaired) electrons. The molecule has 0 aliphatic heterocycles. The lowest BCUT2D eigenvalue weighted by molar-refractivity contribution is -0.222. The molecule has 10 saturated carbocycles. The van der Waals surface area contributed by atoms with Gasteiger partial charge in [-0.05, 0) is 184 Å². The van der Waals surface area contributed by atoms with Crippen LogP contribution in [-0.2, 0) is 0 Å². The fraction of sp³-hybridized carbons (Fsp3) is 1.00. The molecule has 10 rings (SSSR count). The fourth-order valence-corrected chi connectivity index (χ4v) is 17.2. The van der Waals surface area contributed by atoms with Gasteiger partial charge in [0.25, 0.3) is 0 Å². The first-order valence-electron chi connectivity index (χ1n) is 18.8. The third kappa shape index (κ3) is 3.11. The fourth-order valence-electron chi connectivity index (χ4n) is 17.2. The minimum atomic E-state index is 1.16. The van der Waals surface area contributed by atoms with E-state index in [-0.39, 0.29) is 0 Å². The summed E-state index contributed by atoms with van der Waals surface area (Å²) in [5.41, 5.74) is 0. The predicted molar refractivity (Wildman–Crippen MR) is 155 cm³/mol. The zero-order valence-corrected chi connectivity index (χ0v) is 24.5. The lowest BCUT2D eigenvalue weighted by Crippen LogP contribution is -2.64. The molecule has 0 aromatic carbocycles. The Bertz CT molecular complexity index is 833. The highest BCUT2D eigenvalue weighted by molar-refractivity contribution is 5.14. The van der Waals surface area contributed by atoms with Gasteiger partial charge in [0.15, 0.2) is 0 Å². The van der Waals surface area contributed by atoms with Crippen LogP contribution in [0, 0.1) is 107 Å². The van der Waals surface area contributed by atoms with Crippen LogP contribution in [0.15, 0.2) is 0 Å². The van der Waals surface area contributed by atoms with Crippen molar-refractivity contribution in [3.63, 3.8) is 0 Å². The number of rotatable bonds is 0. The maximum atomic E-state index is 1.72. The summed E-state index contributed by atoms with van der Waals surface area (Å²) in [4.78, 5) is 0. The van der Waals surface area contributed by atoms with Crippen LogP contribution in [0.4, 0.5) is 0 Å². The molecule has 0 spiro atoms. The van der Waals surface area contributed by atoms with Crippen LogP contribution in [0.2, 0.25) is 0 Å². The van der Waals surface area contributed by atoms with Crippen LogP contribution in [0.5, 0.6) is 0 Å². The van der Waals surface area contributed by atoms with Gasteiger partial charge in [0.1, 0.15) is 0 Å². The summed E-state index contributed by atoms with van der Waals surface area (Å²) in [6, 6.07) is 0. The predicted octanol–water partition coefficient (Wildman–Crippen LogP) is 10.0. The van der Waals surface area contributed by atoms with Gasteiger partial charge in [-0.1, -0.05) is 51.4 Å². The molecule has 0 heterocycles. The summed E-state index contributed by atoms with van der Waals surface area (Å²) in [7, 11) is 0. The van der Waals surface area contributed by atoms with Crippen LogP contribution in [0.25, 0.3) is 0 Å². The number of hydrogen-bond donors (Lipinski definition) is 0. The third-order valence-corrected chi connectivity index (χ3v) is 17.5. The van der Waals surface area contributed by atoms with E-state index < -0.39 is 0 Å².